The van der Waals surface area contributed by atoms with E-state index >= 15 is 0 Å². The van der Waals surface area contributed by atoms with Crippen LogP contribution in [-0.2, 0) is 13.1 Å². The zero-order valence-corrected chi connectivity index (χ0v) is 13.3. The van der Waals surface area contributed by atoms with Gasteiger partial charge >= 0.3 is 0 Å². The van der Waals surface area contributed by atoms with Gasteiger partial charge in [0.05, 0.1) is 6.67 Å². The Labute approximate surface area is 136 Å². The third-order valence-corrected chi connectivity index (χ3v) is 3.66. The molecule has 5 heteroatoms. The summed E-state index contributed by atoms with van der Waals surface area (Å²) in [4.78, 5) is 2.13. The molecule has 0 bridgehead atoms. The van der Waals surface area contributed by atoms with Crippen LogP contribution < -0.4 is 21.1 Å². The second-order valence-corrected chi connectivity index (χ2v) is 5.59. The number of nitrogens with one attached hydrogen (secondary N) is 2. The maximum atomic E-state index is 5.88. The van der Waals surface area contributed by atoms with Gasteiger partial charge in [-0.05, 0) is 42.4 Å². The predicted molar refractivity (Wildman–Crippen MR) is 91.5 cm³/mol. The van der Waals surface area contributed by atoms with Crippen LogP contribution in [0, 0.1) is 0 Å². The number of hydrogen-bond acceptors (Lipinski definition) is 5. The lowest BCUT2D eigenvalue weighted by Gasteiger charge is -2.14. The molecular weight excluding hydrogens is 288 g/mol. The molecule has 0 fully saturated rings. The van der Waals surface area contributed by atoms with E-state index in [1.54, 1.807) is 0 Å². The summed E-state index contributed by atoms with van der Waals surface area (Å²) in [5.74, 6) is 2.40. The summed E-state index contributed by atoms with van der Waals surface area (Å²) >= 11 is 0. The van der Waals surface area contributed by atoms with Crippen LogP contribution in [0.15, 0.2) is 60.6 Å². The minimum absolute atomic E-state index is 0.715. The first-order valence-corrected chi connectivity index (χ1v) is 7.68. The van der Waals surface area contributed by atoms with E-state index in [-0.39, 0.29) is 0 Å². The summed E-state index contributed by atoms with van der Waals surface area (Å²) in [5.41, 5.74) is 8.16. The molecule has 0 aromatic heterocycles. The van der Waals surface area contributed by atoms with Gasteiger partial charge in [0.25, 0.3) is 0 Å². The van der Waals surface area contributed by atoms with Gasteiger partial charge in [0, 0.05) is 19.3 Å². The van der Waals surface area contributed by atoms with Crippen molar-refractivity contribution in [2.75, 3.05) is 13.7 Å². The topological polar surface area (TPSA) is 62.5 Å². The second kappa shape index (κ2) is 7.07. The van der Waals surface area contributed by atoms with E-state index in [0.29, 0.717) is 5.82 Å². The molecule has 0 aliphatic carbocycles. The summed E-state index contributed by atoms with van der Waals surface area (Å²) in [5, 5.41) is 6.21. The Morgan fingerprint density at radius 1 is 1.04 bits per heavy atom. The Bertz CT molecular complexity index is 664. The number of nitrogens with two attached hydrogens (primary N) is 1. The van der Waals surface area contributed by atoms with Crippen molar-refractivity contribution < 1.29 is 4.74 Å². The molecule has 23 heavy (non-hydrogen) atoms. The Kier molecular flexibility index (Phi) is 4.68. The average Bonchev–Trinajstić information content (AvgIpc) is 2.96. The van der Waals surface area contributed by atoms with E-state index in [9.17, 15) is 0 Å². The van der Waals surface area contributed by atoms with Crippen molar-refractivity contribution in [2.24, 2.45) is 5.73 Å². The molecular formula is C18H22N4O. The third-order valence-electron chi connectivity index (χ3n) is 3.66. The highest BCUT2D eigenvalue weighted by Gasteiger charge is 2.08. The standard InChI is InChI=1S/C18H22N4O/c1-20-10-14-2-6-16(7-3-14)23-17-8-4-15(5-9-17)11-22-12-18(19)21-13-22/h2-9,12,20-21H,10-11,13,19H2,1H3. The van der Waals surface area contributed by atoms with Gasteiger partial charge in [-0.25, -0.2) is 0 Å². The Morgan fingerprint density at radius 3 is 2.17 bits per heavy atom. The van der Waals surface area contributed by atoms with Crippen LogP contribution in [0.1, 0.15) is 11.1 Å². The van der Waals surface area contributed by atoms with E-state index in [1.165, 1.54) is 11.1 Å². The van der Waals surface area contributed by atoms with Crippen LogP contribution in [0.5, 0.6) is 11.5 Å². The first-order chi connectivity index (χ1) is 11.2. The lowest BCUT2D eigenvalue weighted by molar-refractivity contribution is 0.384. The fourth-order valence-electron chi connectivity index (χ4n) is 2.50. The van der Waals surface area contributed by atoms with Gasteiger partial charge in [-0.2, -0.15) is 0 Å². The van der Waals surface area contributed by atoms with Crippen molar-refractivity contribution in [1.82, 2.24) is 15.5 Å². The van der Waals surface area contributed by atoms with E-state index in [4.69, 9.17) is 10.5 Å². The maximum absolute atomic E-state index is 5.88. The van der Waals surface area contributed by atoms with Crippen molar-refractivity contribution in [3.05, 3.63) is 71.7 Å². The largest absolute Gasteiger partial charge is 0.457 e. The van der Waals surface area contributed by atoms with Gasteiger partial charge < -0.3 is 26.0 Å². The molecule has 2 aromatic carbocycles. The minimum atomic E-state index is 0.715. The maximum Gasteiger partial charge on any atom is 0.127 e. The fourth-order valence-corrected chi connectivity index (χ4v) is 2.50. The SMILES string of the molecule is CNCc1ccc(Oc2ccc(CN3C=C(N)NC3)cc2)cc1. The predicted octanol–water partition coefficient (Wildman–Crippen LogP) is 2.32. The van der Waals surface area contributed by atoms with Gasteiger partial charge in [-0.3, -0.25) is 0 Å². The first-order valence-electron chi connectivity index (χ1n) is 7.68. The number of rotatable bonds is 6. The van der Waals surface area contributed by atoms with E-state index in [1.807, 2.05) is 37.5 Å². The van der Waals surface area contributed by atoms with Gasteiger partial charge in [0.1, 0.15) is 17.3 Å². The van der Waals surface area contributed by atoms with Crippen LogP contribution in [0.3, 0.4) is 0 Å². The molecule has 1 heterocycles. The Morgan fingerprint density at radius 2 is 1.65 bits per heavy atom. The van der Waals surface area contributed by atoms with Crippen LogP contribution in [0.2, 0.25) is 0 Å². The molecule has 2 aromatic rings. The summed E-state index contributed by atoms with van der Waals surface area (Å²) in [7, 11) is 1.94. The van der Waals surface area contributed by atoms with Crippen LogP contribution in [0.25, 0.3) is 0 Å². The second-order valence-electron chi connectivity index (χ2n) is 5.59. The number of benzene rings is 2. The monoisotopic (exact) mass is 310 g/mol. The molecule has 0 amide bonds. The molecule has 0 saturated heterocycles. The van der Waals surface area contributed by atoms with Crippen molar-refractivity contribution in [1.29, 1.82) is 0 Å². The number of nitrogens with zero attached hydrogens (tertiary/aromatic N) is 1. The van der Waals surface area contributed by atoms with Gasteiger partial charge in [0.2, 0.25) is 0 Å². The van der Waals surface area contributed by atoms with Crippen molar-refractivity contribution in [2.45, 2.75) is 13.1 Å². The van der Waals surface area contributed by atoms with Crippen molar-refractivity contribution in [3.63, 3.8) is 0 Å². The fraction of sp³-hybridized carbons (Fsp3) is 0.222. The molecule has 0 radical (unpaired) electrons. The molecule has 0 atom stereocenters. The van der Waals surface area contributed by atoms with E-state index in [0.717, 1.165) is 31.3 Å². The molecule has 1 aliphatic rings. The normalized spacial score (nSPS) is 13.6. The molecule has 5 nitrogen and oxygen atoms in total. The van der Waals surface area contributed by atoms with Gasteiger partial charge in [-0.15, -0.1) is 0 Å². The lowest BCUT2D eigenvalue weighted by Crippen LogP contribution is -2.22. The van der Waals surface area contributed by atoms with Crippen LogP contribution >= 0.6 is 0 Å². The Hall–Kier alpha value is -2.66. The van der Waals surface area contributed by atoms with Crippen molar-refractivity contribution >= 4 is 0 Å². The summed E-state index contributed by atoms with van der Waals surface area (Å²) in [6.07, 6.45) is 1.93. The summed E-state index contributed by atoms with van der Waals surface area (Å²) in [6, 6.07) is 16.3. The smallest absolute Gasteiger partial charge is 0.127 e. The lowest BCUT2D eigenvalue weighted by atomic mass is 10.2. The van der Waals surface area contributed by atoms with E-state index in [2.05, 4.69) is 39.8 Å². The molecule has 1 aliphatic heterocycles. The third kappa shape index (κ3) is 4.17. The summed E-state index contributed by atoms with van der Waals surface area (Å²) in [6.45, 7) is 2.44. The zero-order chi connectivity index (χ0) is 16.1. The molecule has 0 saturated carbocycles. The highest BCUT2D eigenvalue weighted by atomic mass is 16.5. The molecule has 0 unspecified atom stereocenters. The van der Waals surface area contributed by atoms with Gasteiger partial charge in [-0.1, -0.05) is 24.3 Å². The minimum Gasteiger partial charge on any atom is -0.457 e. The van der Waals surface area contributed by atoms with Crippen LogP contribution in [-0.4, -0.2) is 18.6 Å². The molecule has 120 valence electrons. The molecule has 3 rings (SSSR count). The Balaban J connectivity index is 1.58. The highest BCUT2D eigenvalue weighted by molar-refractivity contribution is 5.34. The van der Waals surface area contributed by atoms with Gasteiger partial charge in [0.15, 0.2) is 0 Å². The quantitative estimate of drug-likeness (QED) is 0.764. The van der Waals surface area contributed by atoms with Crippen LogP contribution in [0.4, 0.5) is 0 Å². The summed E-state index contributed by atoms with van der Waals surface area (Å²) < 4.78 is 5.88. The number of ether oxygens (including phenoxy) is 1. The van der Waals surface area contributed by atoms with Crippen molar-refractivity contribution in [3.8, 4) is 11.5 Å². The van der Waals surface area contributed by atoms with E-state index < -0.39 is 0 Å². The first kappa shape index (κ1) is 15.2. The number of hydrogen-bond donors (Lipinski definition) is 3. The highest BCUT2D eigenvalue weighted by Crippen LogP contribution is 2.22. The average molecular weight is 310 g/mol. The molecule has 0 spiro atoms. The zero-order valence-electron chi connectivity index (χ0n) is 13.3. The molecule has 4 N–H and O–H groups in total.